The van der Waals surface area contributed by atoms with Crippen LogP contribution in [-0.4, -0.2) is 12.5 Å². The molecule has 0 spiro atoms. The van der Waals surface area contributed by atoms with Gasteiger partial charge in [0, 0.05) is 35.8 Å². The smallest absolute Gasteiger partial charge is 0.220 e. The molecule has 1 aliphatic rings. The Balaban J connectivity index is 1.85. The van der Waals surface area contributed by atoms with Crippen molar-refractivity contribution in [2.45, 2.75) is 38.6 Å². The normalized spacial score (nSPS) is 12.4. The number of rotatable bonds is 6. The van der Waals surface area contributed by atoms with Crippen LogP contribution in [0.1, 0.15) is 36.8 Å². The molecule has 0 saturated heterocycles. The zero-order valence-corrected chi connectivity index (χ0v) is 13.0. The van der Waals surface area contributed by atoms with Crippen molar-refractivity contribution >= 4 is 21.8 Å². The number of ether oxygens (including phenoxy) is 1. The Bertz CT molecular complexity index is 534. The Morgan fingerprint density at radius 3 is 3.10 bits per heavy atom. The van der Waals surface area contributed by atoms with Crippen molar-refractivity contribution in [1.82, 2.24) is 5.32 Å². The number of hydrogen-bond donors (Lipinski definition) is 1. The molecule has 0 saturated carbocycles. The highest BCUT2D eigenvalue weighted by molar-refractivity contribution is 9.10. The molecule has 0 atom stereocenters. The molecule has 0 aromatic heterocycles. The molecular formula is C16H18BrNO2. The number of nitrogens with one attached hydrogen (secondary N) is 1. The lowest BCUT2D eigenvalue weighted by Crippen LogP contribution is -2.22. The average Bonchev–Trinajstić information content (AvgIpc) is 2.89. The number of terminal acetylenes is 1. The fourth-order valence-corrected chi connectivity index (χ4v) is 2.82. The fraction of sp³-hybridized carbons (Fsp3) is 0.438. The van der Waals surface area contributed by atoms with E-state index in [0.717, 1.165) is 48.1 Å². The van der Waals surface area contributed by atoms with Gasteiger partial charge in [-0.05, 0) is 30.5 Å². The third kappa shape index (κ3) is 4.01. The summed E-state index contributed by atoms with van der Waals surface area (Å²) < 4.78 is 6.66. The summed E-state index contributed by atoms with van der Waals surface area (Å²) in [5, 5.41) is 2.94. The van der Waals surface area contributed by atoms with Gasteiger partial charge in [-0.1, -0.05) is 15.9 Å². The highest BCUT2D eigenvalue weighted by Gasteiger charge is 2.17. The van der Waals surface area contributed by atoms with Crippen LogP contribution < -0.4 is 10.1 Å². The number of carbonyl (C=O) groups excluding carboxylic acids is 1. The molecule has 0 radical (unpaired) electrons. The van der Waals surface area contributed by atoms with Crippen LogP contribution in [-0.2, 0) is 17.8 Å². The topological polar surface area (TPSA) is 38.3 Å². The van der Waals surface area contributed by atoms with E-state index in [0.29, 0.717) is 13.0 Å². The standard InChI is InChI=1S/C16H18BrNO2/c1-2-3-4-5-6-15(19)18-11-13-10-14(17)9-12-7-8-20-16(12)13/h1,9-10H,3-8,11H2,(H,18,19). The second-order valence-corrected chi connectivity index (χ2v) is 5.76. The first kappa shape index (κ1) is 14.9. The van der Waals surface area contributed by atoms with Crippen molar-refractivity contribution in [3.63, 3.8) is 0 Å². The van der Waals surface area contributed by atoms with Gasteiger partial charge in [-0.3, -0.25) is 4.79 Å². The minimum absolute atomic E-state index is 0.0637. The summed E-state index contributed by atoms with van der Waals surface area (Å²) in [6, 6.07) is 4.08. The number of halogens is 1. The molecule has 3 nitrogen and oxygen atoms in total. The van der Waals surface area contributed by atoms with Crippen LogP contribution in [0, 0.1) is 12.3 Å². The van der Waals surface area contributed by atoms with E-state index in [-0.39, 0.29) is 5.91 Å². The van der Waals surface area contributed by atoms with E-state index in [1.165, 1.54) is 5.56 Å². The number of amides is 1. The van der Waals surface area contributed by atoms with Crippen molar-refractivity contribution in [2.75, 3.05) is 6.61 Å². The molecule has 2 rings (SSSR count). The zero-order chi connectivity index (χ0) is 14.4. The van der Waals surface area contributed by atoms with Gasteiger partial charge >= 0.3 is 0 Å². The van der Waals surface area contributed by atoms with Gasteiger partial charge in [0.2, 0.25) is 5.91 Å². The molecule has 4 heteroatoms. The van der Waals surface area contributed by atoms with Gasteiger partial charge in [-0.15, -0.1) is 12.3 Å². The van der Waals surface area contributed by atoms with Crippen molar-refractivity contribution < 1.29 is 9.53 Å². The van der Waals surface area contributed by atoms with Crippen LogP contribution in [0.25, 0.3) is 0 Å². The van der Waals surface area contributed by atoms with Crippen LogP contribution in [0.3, 0.4) is 0 Å². The maximum atomic E-state index is 11.7. The highest BCUT2D eigenvalue weighted by atomic mass is 79.9. The molecule has 1 heterocycles. The van der Waals surface area contributed by atoms with Crippen LogP contribution in [0.5, 0.6) is 5.75 Å². The fourth-order valence-electron chi connectivity index (χ4n) is 2.27. The molecule has 1 N–H and O–H groups in total. The van der Waals surface area contributed by atoms with Gasteiger partial charge < -0.3 is 10.1 Å². The minimum atomic E-state index is 0.0637. The summed E-state index contributed by atoms with van der Waals surface area (Å²) in [5.41, 5.74) is 2.24. The summed E-state index contributed by atoms with van der Waals surface area (Å²) in [7, 11) is 0. The molecule has 0 fully saturated rings. The van der Waals surface area contributed by atoms with Crippen LogP contribution in [0.15, 0.2) is 16.6 Å². The third-order valence-corrected chi connectivity index (χ3v) is 3.73. The predicted molar refractivity (Wildman–Crippen MR) is 82.5 cm³/mol. The zero-order valence-electron chi connectivity index (χ0n) is 11.4. The monoisotopic (exact) mass is 335 g/mol. The van der Waals surface area contributed by atoms with E-state index in [4.69, 9.17) is 11.2 Å². The first-order chi connectivity index (χ1) is 9.70. The molecule has 0 aliphatic carbocycles. The van der Waals surface area contributed by atoms with Gasteiger partial charge in [-0.2, -0.15) is 0 Å². The largest absolute Gasteiger partial charge is 0.493 e. The van der Waals surface area contributed by atoms with Crippen LogP contribution >= 0.6 is 15.9 Å². The number of carbonyl (C=O) groups is 1. The third-order valence-electron chi connectivity index (χ3n) is 3.28. The molecule has 106 valence electrons. The number of hydrogen-bond acceptors (Lipinski definition) is 2. The van der Waals surface area contributed by atoms with Crippen molar-refractivity contribution in [3.8, 4) is 18.1 Å². The van der Waals surface area contributed by atoms with E-state index in [1.54, 1.807) is 0 Å². The number of fused-ring (bicyclic) bond motifs is 1. The summed E-state index contributed by atoms with van der Waals surface area (Å²) in [6.45, 7) is 1.23. The molecule has 0 bridgehead atoms. The lowest BCUT2D eigenvalue weighted by atomic mass is 10.1. The van der Waals surface area contributed by atoms with Crippen LogP contribution in [0.4, 0.5) is 0 Å². The summed E-state index contributed by atoms with van der Waals surface area (Å²) >= 11 is 3.49. The van der Waals surface area contributed by atoms with E-state index >= 15 is 0 Å². The molecule has 1 amide bonds. The lowest BCUT2D eigenvalue weighted by molar-refractivity contribution is -0.121. The second kappa shape index (κ2) is 7.35. The quantitative estimate of drug-likeness (QED) is 0.640. The van der Waals surface area contributed by atoms with Crippen molar-refractivity contribution in [3.05, 3.63) is 27.7 Å². The van der Waals surface area contributed by atoms with Gasteiger partial charge in [0.05, 0.1) is 6.61 Å². The summed E-state index contributed by atoms with van der Waals surface area (Å²) in [6.07, 6.45) is 9.11. The molecular weight excluding hydrogens is 318 g/mol. The number of benzene rings is 1. The van der Waals surface area contributed by atoms with Crippen molar-refractivity contribution in [2.24, 2.45) is 0 Å². The highest BCUT2D eigenvalue weighted by Crippen LogP contribution is 2.32. The molecule has 1 aromatic rings. The molecule has 1 aromatic carbocycles. The Morgan fingerprint density at radius 2 is 2.30 bits per heavy atom. The Hall–Kier alpha value is -1.47. The average molecular weight is 336 g/mol. The SMILES string of the molecule is C#CCCCCC(=O)NCc1cc(Br)cc2c1OCC2. The van der Waals surface area contributed by atoms with Crippen molar-refractivity contribution in [1.29, 1.82) is 0 Å². The Labute approximate surface area is 128 Å². The summed E-state index contributed by atoms with van der Waals surface area (Å²) in [5.74, 6) is 3.58. The second-order valence-electron chi connectivity index (χ2n) is 4.84. The van der Waals surface area contributed by atoms with E-state index in [2.05, 4.69) is 33.2 Å². The van der Waals surface area contributed by atoms with E-state index in [9.17, 15) is 4.79 Å². The van der Waals surface area contributed by atoms with E-state index in [1.807, 2.05) is 6.07 Å². The maximum Gasteiger partial charge on any atom is 0.220 e. The van der Waals surface area contributed by atoms with Gasteiger partial charge in [-0.25, -0.2) is 0 Å². The molecule has 20 heavy (non-hydrogen) atoms. The first-order valence-electron chi connectivity index (χ1n) is 6.85. The lowest BCUT2D eigenvalue weighted by Gasteiger charge is -2.10. The Kier molecular flexibility index (Phi) is 5.49. The minimum Gasteiger partial charge on any atom is -0.493 e. The predicted octanol–water partition coefficient (Wildman–Crippen LogP) is 3.19. The summed E-state index contributed by atoms with van der Waals surface area (Å²) in [4.78, 5) is 11.7. The van der Waals surface area contributed by atoms with E-state index < -0.39 is 0 Å². The molecule has 1 aliphatic heterocycles. The number of unbranched alkanes of at least 4 members (excludes halogenated alkanes) is 2. The maximum absolute atomic E-state index is 11.7. The van der Waals surface area contributed by atoms with Gasteiger partial charge in [0.25, 0.3) is 0 Å². The Morgan fingerprint density at radius 1 is 1.45 bits per heavy atom. The van der Waals surface area contributed by atoms with Gasteiger partial charge in [0.1, 0.15) is 5.75 Å². The van der Waals surface area contributed by atoms with Gasteiger partial charge in [0.15, 0.2) is 0 Å². The molecule has 0 unspecified atom stereocenters. The first-order valence-corrected chi connectivity index (χ1v) is 7.64. The van der Waals surface area contributed by atoms with Crippen LogP contribution in [0.2, 0.25) is 0 Å².